The Morgan fingerprint density at radius 2 is 1.72 bits per heavy atom. The summed E-state index contributed by atoms with van der Waals surface area (Å²) in [4.78, 5) is 18.4. The minimum atomic E-state index is -0.226. The van der Waals surface area contributed by atoms with Crippen LogP contribution < -0.4 is 4.74 Å². The molecule has 1 saturated heterocycles. The largest absolute Gasteiger partial charge is 0.415 e. The van der Waals surface area contributed by atoms with Gasteiger partial charge in [-0.05, 0) is 72.2 Å². The Labute approximate surface area is 172 Å². The van der Waals surface area contributed by atoms with Crippen LogP contribution in [0.1, 0.15) is 37.7 Å². The molecule has 1 aliphatic rings. The molecular formula is C25H28N2O2. The first kappa shape index (κ1) is 19.4. The minimum absolute atomic E-state index is 0.226. The molecule has 0 aliphatic carbocycles. The number of aromatic nitrogens is 1. The Morgan fingerprint density at radius 3 is 2.52 bits per heavy atom. The zero-order valence-corrected chi connectivity index (χ0v) is 16.8. The molecule has 2 aromatic carbocycles. The SMILES string of the molecule is O=C(Oc1ccc2ccccc2c1)N1CCC(CCCCc2ccncc2)CC1. The van der Waals surface area contributed by atoms with Crippen LogP contribution in [0.3, 0.4) is 0 Å². The van der Waals surface area contributed by atoms with Gasteiger partial charge < -0.3 is 9.64 Å². The maximum atomic E-state index is 12.5. The average molecular weight is 389 g/mol. The van der Waals surface area contributed by atoms with Gasteiger partial charge in [-0.1, -0.05) is 43.2 Å². The number of unbranched alkanes of at least 4 members (excludes halogenated alkanes) is 1. The number of likely N-dealkylation sites (tertiary alicyclic amines) is 1. The topological polar surface area (TPSA) is 42.4 Å². The molecule has 0 bridgehead atoms. The second kappa shape index (κ2) is 9.55. The summed E-state index contributed by atoms with van der Waals surface area (Å²) in [6.07, 6.45) is 10.5. The van der Waals surface area contributed by atoms with E-state index in [4.69, 9.17) is 4.74 Å². The van der Waals surface area contributed by atoms with Crippen LogP contribution >= 0.6 is 0 Å². The molecule has 4 heteroatoms. The van der Waals surface area contributed by atoms with Crippen molar-refractivity contribution in [2.45, 2.75) is 38.5 Å². The van der Waals surface area contributed by atoms with Gasteiger partial charge in [-0.15, -0.1) is 0 Å². The molecular weight excluding hydrogens is 360 g/mol. The standard InChI is InChI=1S/C25H28N2O2/c28-25(29-24-10-9-22-7-3-4-8-23(22)19-24)27-17-13-21(14-18-27)6-2-1-5-20-11-15-26-16-12-20/h3-4,7-12,15-16,19,21H,1-2,5-6,13-14,17-18H2. The summed E-state index contributed by atoms with van der Waals surface area (Å²) < 4.78 is 5.63. The van der Waals surface area contributed by atoms with E-state index in [-0.39, 0.29) is 6.09 Å². The van der Waals surface area contributed by atoms with Crippen molar-refractivity contribution in [1.82, 2.24) is 9.88 Å². The van der Waals surface area contributed by atoms with E-state index >= 15 is 0 Å². The third-order valence-electron chi connectivity index (χ3n) is 5.88. The van der Waals surface area contributed by atoms with E-state index in [1.807, 2.05) is 53.7 Å². The van der Waals surface area contributed by atoms with Gasteiger partial charge in [-0.2, -0.15) is 0 Å². The lowest BCUT2D eigenvalue weighted by Gasteiger charge is -2.31. The third kappa shape index (κ3) is 5.35. The molecule has 29 heavy (non-hydrogen) atoms. The Kier molecular flexibility index (Phi) is 6.40. The highest BCUT2D eigenvalue weighted by molar-refractivity contribution is 5.84. The second-order valence-corrected chi connectivity index (χ2v) is 7.91. The number of carbonyl (C=O) groups excluding carboxylic acids is 1. The number of hydrogen-bond donors (Lipinski definition) is 0. The Hall–Kier alpha value is -2.88. The van der Waals surface area contributed by atoms with E-state index in [9.17, 15) is 4.79 Å². The fourth-order valence-corrected chi connectivity index (χ4v) is 4.11. The summed E-state index contributed by atoms with van der Waals surface area (Å²) >= 11 is 0. The van der Waals surface area contributed by atoms with Gasteiger partial charge in [-0.3, -0.25) is 4.98 Å². The van der Waals surface area contributed by atoms with Crippen molar-refractivity contribution in [2.24, 2.45) is 5.92 Å². The van der Waals surface area contributed by atoms with Crippen LogP contribution in [0, 0.1) is 5.92 Å². The summed E-state index contributed by atoms with van der Waals surface area (Å²) in [5, 5.41) is 2.24. The number of amides is 1. The summed E-state index contributed by atoms with van der Waals surface area (Å²) in [5.74, 6) is 1.34. The van der Waals surface area contributed by atoms with Gasteiger partial charge in [0.15, 0.2) is 0 Å². The van der Waals surface area contributed by atoms with Gasteiger partial charge in [0.05, 0.1) is 0 Å². The van der Waals surface area contributed by atoms with Crippen molar-refractivity contribution in [2.75, 3.05) is 13.1 Å². The molecule has 0 spiro atoms. The van der Waals surface area contributed by atoms with Crippen LogP contribution in [0.25, 0.3) is 10.8 Å². The second-order valence-electron chi connectivity index (χ2n) is 7.91. The predicted octanol–water partition coefficient (Wildman–Crippen LogP) is 5.86. The first-order valence-corrected chi connectivity index (χ1v) is 10.6. The molecule has 0 radical (unpaired) electrons. The number of ether oxygens (including phenoxy) is 1. The number of benzene rings is 2. The quantitative estimate of drug-likeness (QED) is 0.497. The average Bonchev–Trinajstić information content (AvgIpc) is 2.78. The van der Waals surface area contributed by atoms with E-state index in [1.165, 1.54) is 24.8 Å². The molecule has 1 fully saturated rings. The number of fused-ring (bicyclic) bond motifs is 1. The normalized spacial score (nSPS) is 14.8. The van der Waals surface area contributed by atoms with E-state index in [1.54, 1.807) is 0 Å². The monoisotopic (exact) mass is 388 g/mol. The van der Waals surface area contributed by atoms with Crippen molar-refractivity contribution in [1.29, 1.82) is 0 Å². The van der Waals surface area contributed by atoms with Gasteiger partial charge >= 0.3 is 6.09 Å². The molecule has 0 atom stereocenters. The van der Waals surface area contributed by atoms with E-state index in [2.05, 4.69) is 23.2 Å². The fraction of sp³-hybridized carbons (Fsp3) is 0.360. The highest BCUT2D eigenvalue weighted by atomic mass is 16.6. The van der Waals surface area contributed by atoms with Crippen LogP contribution in [0.4, 0.5) is 4.79 Å². The molecule has 1 amide bonds. The summed E-state index contributed by atoms with van der Waals surface area (Å²) in [6.45, 7) is 1.59. The van der Waals surface area contributed by atoms with Gasteiger partial charge in [-0.25, -0.2) is 4.79 Å². The lowest BCUT2D eigenvalue weighted by molar-refractivity contribution is 0.129. The summed E-state index contributed by atoms with van der Waals surface area (Å²) in [6, 6.07) is 18.1. The fourth-order valence-electron chi connectivity index (χ4n) is 4.11. The number of piperidine rings is 1. The Bertz CT molecular complexity index is 934. The maximum absolute atomic E-state index is 12.5. The number of nitrogens with zero attached hydrogens (tertiary/aromatic N) is 2. The number of aryl methyl sites for hydroxylation is 1. The van der Waals surface area contributed by atoms with Crippen molar-refractivity contribution < 1.29 is 9.53 Å². The molecule has 1 aliphatic heterocycles. The molecule has 0 N–H and O–H groups in total. The molecule has 3 aromatic rings. The van der Waals surface area contributed by atoms with E-state index in [0.29, 0.717) is 5.75 Å². The number of rotatable bonds is 6. The Balaban J connectivity index is 1.19. The van der Waals surface area contributed by atoms with Crippen molar-refractivity contribution in [3.05, 3.63) is 72.6 Å². The van der Waals surface area contributed by atoms with Crippen LogP contribution in [0.15, 0.2) is 67.0 Å². The van der Waals surface area contributed by atoms with E-state index < -0.39 is 0 Å². The van der Waals surface area contributed by atoms with Gasteiger partial charge in [0.2, 0.25) is 0 Å². The van der Waals surface area contributed by atoms with Gasteiger partial charge in [0, 0.05) is 25.5 Å². The van der Waals surface area contributed by atoms with E-state index in [0.717, 1.165) is 49.0 Å². The lowest BCUT2D eigenvalue weighted by Crippen LogP contribution is -2.40. The summed E-state index contributed by atoms with van der Waals surface area (Å²) in [7, 11) is 0. The van der Waals surface area contributed by atoms with Crippen molar-refractivity contribution in [3.63, 3.8) is 0 Å². The van der Waals surface area contributed by atoms with Gasteiger partial charge in [0.1, 0.15) is 5.75 Å². The maximum Gasteiger partial charge on any atom is 0.415 e. The van der Waals surface area contributed by atoms with Crippen molar-refractivity contribution in [3.8, 4) is 5.75 Å². The molecule has 4 rings (SSSR count). The lowest BCUT2D eigenvalue weighted by atomic mass is 9.91. The van der Waals surface area contributed by atoms with Crippen LogP contribution in [0.2, 0.25) is 0 Å². The molecule has 2 heterocycles. The zero-order chi connectivity index (χ0) is 19.9. The number of hydrogen-bond acceptors (Lipinski definition) is 3. The molecule has 150 valence electrons. The first-order chi connectivity index (χ1) is 14.3. The highest BCUT2D eigenvalue weighted by Gasteiger charge is 2.23. The zero-order valence-electron chi connectivity index (χ0n) is 16.8. The predicted molar refractivity (Wildman–Crippen MR) is 116 cm³/mol. The van der Waals surface area contributed by atoms with Crippen LogP contribution in [0.5, 0.6) is 5.75 Å². The molecule has 1 aromatic heterocycles. The Morgan fingerprint density at radius 1 is 0.966 bits per heavy atom. The summed E-state index contributed by atoms with van der Waals surface area (Å²) in [5.41, 5.74) is 1.37. The third-order valence-corrected chi connectivity index (χ3v) is 5.88. The first-order valence-electron chi connectivity index (χ1n) is 10.6. The number of carbonyl (C=O) groups is 1. The smallest absolute Gasteiger partial charge is 0.410 e. The molecule has 4 nitrogen and oxygen atoms in total. The van der Waals surface area contributed by atoms with Gasteiger partial charge in [0.25, 0.3) is 0 Å². The molecule has 0 unspecified atom stereocenters. The minimum Gasteiger partial charge on any atom is -0.410 e. The van der Waals surface area contributed by atoms with Crippen LogP contribution in [-0.2, 0) is 6.42 Å². The molecule has 0 saturated carbocycles. The van der Waals surface area contributed by atoms with Crippen LogP contribution in [-0.4, -0.2) is 29.1 Å². The highest BCUT2D eigenvalue weighted by Crippen LogP contribution is 2.25. The van der Waals surface area contributed by atoms with Crippen molar-refractivity contribution >= 4 is 16.9 Å². The number of pyridine rings is 1.